The van der Waals surface area contributed by atoms with Gasteiger partial charge in [0.1, 0.15) is 0 Å². The molecule has 4 nitrogen and oxygen atoms in total. The van der Waals surface area contributed by atoms with Crippen LogP contribution in [0, 0.1) is 11.8 Å². The number of amides is 1. The minimum Gasteiger partial charge on any atom is -0.330 e. The minimum atomic E-state index is 0.0682. The number of carbonyl (C=O) groups is 1. The zero-order chi connectivity index (χ0) is 10.6. The number of hydroxylamine groups is 2. The highest BCUT2D eigenvalue weighted by Crippen LogP contribution is 2.30. The highest BCUT2D eigenvalue weighted by molar-refractivity contribution is 5.78. The van der Waals surface area contributed by atoms with Gasteiger partial charge in [0.15, 0.2) is 0 Å². The van der Waals surface area contributed by atoms with Crippen LogP contribution in [0.5, 0.6) is 0 Å². The van der Waals surface area contributed by atoms with Crippen LogP contribution in [0.1, 0.15) is 25.7 Å². The summed E-state index contributed by atoms with van der Waals surface area (Å²) in [6.45, 7) is 0.605. The predicted octanol–water partition coefficient (Wildman–Crippen LogP) is 0.771. The molecule has 0 aromatic heterocycles. The fourth-order valence-electron chi connectivity index (χ4n) is 2.14. The number of rotatable bonds is 3. The number of hydrogen-bond donors (Lipinski definition) is 1. The van der Waals surface area contributed by atoms with Gasteiger partial charge < -0.3 is 5.73 Å². The minimum absolute atomic E-state index is 0.0682. The van der Waals surface area contributed by atoms with Crippen LogP contribution < -0.4 is 5.73 Å². The normalized spacial score (nSPS) is 27.4. The summed E-state index contributed by atoms with van der Waals surface area (Å²) < 4.78 is 0. The molecule has 0 aliphatic heterocycles. The van der Waals surface area contributed by atoms with Gasteiger partial charge in [0.2, 0.25) is 5.91 Å². The van der Waals surface area contributed by atoms with E-state index in [1.165, 1.54) is 18.6 Å². The highest BCUT2D eigenvalue weighted by atomic mass is 16.7. The van der Waals surface area contributed by atoms with E-state index < -0.39 is 0 Å². The Hall–Kier alpha value is -0.610. The average molecular weight is 200 g/mol. The van der Waals surface area contributed by atoms with Crippen molar-refractivity contribution in [3.05, 3.63) is 0 Å². The average Bonchev–Trinajstić information content (AvgIpc) is 2.26. The standard InChI is InChI=1S/C10H20N2O2/c1-12(14-2)10(13)9-6-4-3-5-8(9)7-11/h8-9H,3-7,11H2,1-2H3. The van der Waals surface area contributed by atoms with Crippen molar-refractivity contribution in [1.29, 1.82) is 0 Å². The molecular formula is C10H20N2O2. The van der Waals surface area contributed by atoms with Crippen LogP contribution in [0.4, 0.5) is 0 Å². The lowest BCUT2D eigenvalue weighted by Gasteiger charge is -2.31. The summed E-state index contributed by atoms with van der Waals surface area (Å²) in [6, 6.07) is 0. The maximum absolute atomic E-state index is 11.8. The van der Waals surface area contributed by atoms with E-state index in [1.54, 1.807) is 7.05 Å². The van der Waals surface area contributed by atoms with E-state index in [4.69, 9.17) is 10.6 Å². The van der Waals surface area contributed by atoms with Crippen LogP contribution in [0.2, 0.25) is 0 Å². The lowest BCUT2D eigenvalue weighted by molar-refractivity contribution is -0.176. The van der Waals surface area contributed by atoms with Crippen LogP contribution in [-0.4, -0.2) is 31.7 Å². The van der Waals surface area contributed by atoms with Crippen LogP contribution >= 0.6 is 0 Å². The molecule has 4 heteroatoms. The zero-order valence-corrected chi connectivity index (χ0v) is 9.03. The molecule has 0 aromatic carbocycles. The summed E-state index contributed by atoms with van der Waals surface area (Å²) in [7, 11) is 3.17. The maximum atomic E-state index is 11.8. The first kappa shape index (κ1) is 11.5. The summed E-state index contributed by atoms with van der Waals surface area (Å²) in [5, 5.41) is 1.32. The molecule has 1 aliphatic rings. The van der Waals surface area contributed by atoms with Crippen molar-refractivity contribution >= 4 is 5.91 Å². The zero-order valence-electron chi connectivity index (χ0n) is 9.03. The van der Waals surface area contributed by atoms with E-state index in [0.29, 0.717) is 12.5 Å². The third-order valence-corrected chi connectivity index (χ3v) is 3.11. The van der Waals surface area contributed by atoms with Gasteiger partial charge in [0, 0.05) is 13.0 Å². The van der Waals surface area contributed by atoms with Gasteiger partial charge in [0.05, 0.1) is 7.11 Å². The molecule has 0 heterocycles. The van der Waals surface area contributed by atoms with Crippen LogP contribution in [-0.2, 0) is 9.63 Å². The Kier molecular flexibility index (Phi) is 4.35. The molecule has 0 saturated heterocycles. The first-order valence-electron chi connectivity index (χ1n) is 5.22. The Balaban J connectivity index is 2.58. The molecule has 14 heavy (non-hydrogen) atoms. The van der Waals surface area contributed by atoms with Crippen molar-refractivity contribution in [1.82, 2.24) is 5.06 Å². The monoisotopic (exact) mass is 200 g/mol. The Morgan fingerprint density at radius 3 is 2.71 bits per heavy atom. The van der Waals surface area contributed by atoms with Crippen LogP contribution in [0.25, 0.3) is 0 Å². The van der Waals surface area contributed by atoms with Crippen molar-refractivity contribution in [2.24, 2.45) is 17.6 Å². The van der Waals surface area contributed by atoms with Gasteiger partial charge in [0.25, 0.3) is 0 Å². The Bertz CT molecular complexity index is 197. The van der Waals surface area contributed by atoms with Crippen molar-refractivity contribution in [2.75, 3.05) is 20.7 Å². The second-order valence-corrected chi connectivity index (χ2v) is 3.91. The van der Waals surface area contributed by atoms with Crippen molar-refractivity contribution in [3.63, 3.8) is 0 Å². The summed E-state index contributed by atoms with van der Waals surface area (Å²) in [6.07, 6.45) is 4.35. The van der Waals surface area contributed by atoms with Crippen LogP contribution in [0.3, 0.4) is 0 Å². The first-order valence-corrected chi connectivity index (χ1v) is 5.22. The molecule has 1 fully saturated rings. The van der Waals surface area contributed by atoms with E-state index in [-0.39, 0.29) is 11.8 Å². The smallest absolute Gasteiger partial charge is 0.249 e. The predicted molar refractivity (Wildman–Crippen MR) is 54.3 cm³/mol. The number of hydrogen-bond acceptors (Lipinski definition) is 3. The van der Waals surface area contributed by atoms with E-state index in [9.17, 15) is 4.79 Å². The molecule has 1 amide bonds. The molecule has 0 radical (unpaired) electrons. The Labute approximate surface area is 85.3 Å². The summed E-state index contributed by atoms with van der Waals surface area (Å²) in [5.74, 6) is 0.482. The molecule has 0 spiro atoms. The number of nitrogens with two attached hydrogens (primary N) is 1. The molecule has 1 saturated carbocycles. The highest BCUT2D eigenvalue weighted by Gasteiger charge is 2.31. The molecule has 1 aliphatic carbocycles. The Morgan fingerprint density at radius 2 is 2.14 bits per heavy atom. The van der Waals surface area contributed by atoms with Gasteiger partial charge in [-0.05, 0) is 25.3 Å². The van der Waals surface area contributed by atoms with Gasteiger partial charge >= 0.3 is 0 Å². The quantitative estimate of drug-likeness (QED) is 0.685. The first-order chi connectivity index (χ1) is 6.70. The third-order valence-electron chi connectivity index (χ3n) is 3.11. The summed E-state index contributed by atoms with van der Waals surface area (Å²) in [5.41, 5.74) is 5.66. The fraction of sp³-hybridized carbons (Fsp3) is 0.900. The van der Waals surface area contributed by atoms with E-state index in [2.05, 4.69) is 0 Å². The lowest BCUT2D eigenvalue weighted by Crippen LogP contribution is -2.39. The summed E-state index contributed by atoms with van der Waals surface area (Å²) in [4.78, 5) is 16.7. The molecule has 2 N–H and O–H groups in total. The van der Waals surface area contributed by atoms with Gasteiger partial charge in [-0.2, -0.15) is 0 Å². The number of nitrogens with zero attached hydrogens (tertiary/aromatic N) is 1. The fourth-order valence-corrected chi connectivity index (χ4v) is 2.14. The van der Waals surface area contributed by atoms with Crippen molar-refractivity contribution in [2.45, 2.75) is 25.7 Å². The lowest BCUT2D eigenvalue weighted by atomic mass is 9.79. The molecular weight excluding hydrogens is 180 g/mol. The largest absolute Gasteiger partial charge is 0.330 e. The second-order valence-electron chi connectivity index (χ2n) is 3.91. The SMILES string of the molecule is CON(C)C(=O)C1CCCCC1CN. The van der Waals surface area contributed by atoms with Crippen molar-refractivity contribution < 1.29 is 9.63 Å². The Morgan fingerprint density at radius 1 is 1.50 bits per heavy atom. The number of carbonyl (C=O) groups excluding carboxylic acids is 1. The maximum Gasteiger partial charge on any atom is 0.249 e. The van der Waals surface area contributed by atoms with E-state index in [1.807, 2.05) is 0 Å². The molecule has 2 unspecified atom stereocenters. The van der Waals surface area contributed by atoms with Gasteiger partial charge in [-0.1, -0.05) is 12.8 Å². The van der Waals surface area contributed by atoms with Crippen molar-refractivity contribution in [3.8, 4) is 0 Å². The van der Waals surface area contributed by atoms with Gasteiger partial charge in [-0.25, -0.2) is 5.06 Å². The second kappa shape index (κ2) is 5.32. The molecule has 0 aromatic rings. The topological polar surface area (TPSA) is 55.6 Å². The third kappa shape index (κ3) is 2.45. The molecule has 1 rings (SSSR count). The van der Waals surface area contributed by atoms with E-state index >= 15 is 0 Å². The van der Waals surface area contributed by atoms with E-state index in [0.717, 1.165) is 19.3 Å². The van der Waals surface area contributed by atoms with Crippen LogP contribution in [0.15, 0.2) is 0 Å². The van der Waals surface area contributed by atoms with Gasteiger partial charge in [-0.3, -0.25) is 9.63 Å². The molecule has 2 atom stereocenters. The molecule has 0 bridgehead atoms. The molecule has 82 valence electrons. The summed E-state index contributed by atoms with van der Waals surface area (Å²) >= 11 is 0. The van der Waals surface area contributed by atoms with Gasteiger partial charge in [-0.15, -0.1) is 0 Å².